The average molecular weight is 465 g/mol. The number of amides is 1. The van der Waals surface area contributed by atoms with Gasteiger partial charge in [0.1, 0.15) is 24.2 Å². The highest BCUT2D eigenvalue weighted by atomic mass is 19.1. The summed E-state index contributed by atoms with van der Waals surface area (Å²) in [6.45, 7) is 1.18. The van der Waals surface area contributed by atoms with E-state index in [0.717, 1.165) is 29.3 Å². The average Bonchev–Trinajstić information content (AvgIpc) is 3.69. The summed E-state index contributed by atoms with van der Waals surface area (Å²) in [5.41, 5.74) is 1.71. The van der Waals surface area contributed by atoms with Crippen molar-refractivity contribution in [2.24, 2.45) is 0 Å². The van der Waals surface area contributed by atoms with Crippen molar-refractivity contribution in [3.63, 3.8) is 0 Å². The Morgan fingerprint density at radius 1 is 1.15 bits per heavy atom. The van der Waals surface area contributed by atoms with E-state index in [1.165, 1.54) is 6.07 Å². The summed E-state index contributed by atoms with van der Waals surface area (Å²) in [5, 5.41) is 1.02. The van der Waals surface area contributed by atoms with Gasteiger partial charge < -0.3 is 9.64 Å². The fraction of sp³-hybridized carbons (Fsp3) is 0.423. The molecule has 0 radical (unpaired) electrons. The van der Waals surface area contributed by atoms with Gasteiger partial charge in [-0.3, -0.25) is 19.7 Å². The highest BCUT2D eigenvalue weighted by Gasteiger charge is 2.51. The monoisotopic (exact) mass is 464 g/mol. The third-order valence-electron chi connectivity index (χ3n) is 7.30. The zero-order chi connectivity index (χ0) is 23.3. The number of fused-ring (bicyclic) bond motifs is 1. The SMILES string of the molecule is O=C1COC2(CCN(Cc3ncc(-c4ccc5cccnc5c4)cc3F)CC2F)CN1C1CC1. The van der Waals surface area contributed by atoms with Crippen molar-refractivity contribution in [1.29, 1.82) is 0 Å². The molecule has 34 heavy (non-hydrogen) atoms. The topological polar surface area (TPSA) is 58.6 Å². The summed E-state index contributed by atoms with van der Waals surface area (Å²) in [4.78, 5) is 24.6. The number of rotatable bonds is 4. The second kappa shape index (κ2) is 8.36. The van der Waals surface area contributed by atoms with E-state index in [1.54, 1.807) is 17.3 Å². The van der Waals surface area contributed by atoms with Gasteiger partial charge in [-0.25, -0.2) is 8.78 Å². The number of halogens is 2. The van der Waals surface area contributed by atoms with Crippen LogP contribution in [0.4, 0.5) is 8.78 Å². The van der Waals surface area contributed by atoms with Crippen LogP contribution in [-0.2, 0) is 16.1 Å². The van der Waals surface area contributed by atoms with Gasteiger partial charge in [-0.15, -0.1) is 0 Å². The molecule has 2 unspecified atom stereocenters. The maximum atomic E-state index is 15.4. The standard InChI is InChI=1S/C26H26F2N4O2/c27-21-10-19(18-4-3-17-2-1-8-29-22(17)11-18)12-30-23(21)13-31-9-7-26(24(28)14-31)16-32(20-5-6-20)25(33)15-34-26/h1-4,8,10-12,20,24H,5-7,9,13-16H2. The van der Waals surface area contributed by atoms with Crippen LogP contribution in [0, 0.1) is 5.82 Å². The Kier molecular flexibility index (Phi) is 5.30. The van der Waals surface area contributed by atoms with Crippen LogP contribution >= 0.6 is 0 Å². The minimum absolute atomic E-state index is 0.0451. The number of hydrogen-bond donors (Lipinski definition) is 0. The Labute approximate surface area is 196 Å². The first kappa shape index (κ1) is 21.6. The van der Waals surface area contributed by atoms with Crippen LogP contribution in [-0.4, -0.2) is 69.7 Å². The summed E-state index contributed by atoms with van der Waals surface area (Å²) in [6.07, 6.45) is 4.58. The first-order valence-corrected chi connectivity index (χ1v) is 11.8. The molecule has 6 nitrogen and oxygen atoms in total. The molecule has 0 N–H and O–H groups in total. The molecule has 1 aliphatic carbocycles. The van der Waals surface area contributed by atoms with Crippen LogP contribution in [0.3, 0.4) is 0 Å². The van der Waals surface area contributed by atoms with Crippen LogP contribution in [0.25, 0.3) is 22.0 Å². The third-order valence-corrected chi connectivity index (χ3v) is 7.30. The Morgan fingerprint density at radius 2 is 2.03 bits per heavy atom. The lowest BCUT2D eigenvalue weighted by molar-refractivity contribution is -0.189. The number of alkyl halides is 1. The molecule has 2 saturated heterocycles. The van der Waals surface area contributed by atoms with Gasteiger partial charge in [0.2, 0.25) is 5.91 Å². The lowest BCUT2D eigenvalue weighted by atomic mass is 9.87. The number of carbonyl (C=O) groups excluding carboxylic acids is 1. The molecule has 2 aliphatic heterocycles. The van der Waals surface area contributed by atoms with Crippen molar-refractivity contribution < 1.29 is 18.3 Å². The van der Waals surface area contributed by atoms with Crippen molar-refractivity contribution >= 4 is 16.8 Å². The van der Waals surface area contributed by atoms with E-state index in [9.17, 15) is 9.18 Å². The highest BCUT2D eigenvalue weighted by Crippen LogP contribution is 2.38. The normalized spacial score (nSPS) is 25.9. The number of likely N-dealkylation sites (tertiary alicyclic amines) is 1. The summed E-state index contributed by atoms with van der Waals surface area (Å²) in [7, 11) is 0. The van der Waals surface area contributed by atoms with Crippen molar-refractivity contribution in [3.05, 3.63) is 60.3 Å². The number of carbonyl (C=O) groups is 1. The maximum absolute atomic E-state index is 15.4. The van der Waals surface area contributed by atoms with E-state index in [0.29, 0.717) is 30.8 Å². The zero-order valence-electron chi connectivity index (χ0n) is 18.8. The maximum Gasteiger partial charge on any atom is 0.248 e. The number of hydrogen-bond acceptors (Lipinski definition) is 5. The largest absolute Gasteiger partial charge is 0.360 e. The Morgan fingerprint density at radius 3 is 2.82 bits per heavy atom. The second-order valence-electron chi connectivity index (χ2n) is 9.62. The van der Waals surface area contributed by atoms with E-state index >= 15 is 4.39 Å². The quantitative estimate of drug-likeness (QED) is 0.589. The molecule has 176 valence electrons. The predicted molar refractivity (Wildman–Crippen MR) is 123 cm³/mol. The number of morpholine rings is 1. The van der Waals surface area contributed by atoms with Crippen molar-refractivity contribution in [3.8, 4) is 11.1 Å². The molecule has 1 aromatic carbocycles. The number of aromatic nitrogens is 2. The molecule has 3 aliphatic rings. The van der Waals surface area contributed by atoms with Gasteiger partial charge in [0.25, 0.3) is 0 Å². The minimum Gasteiger partial charge on any atom is -0.360 e. The van der Waals surface area contributed by atoms with Crippen molar-refractivity contribution in [2.75, 3.05) is 26.2 Å². The molecule has 2 atom stereocenters. The molecule has 8 heteroatoms. The van der Waals surface area contributed by atoms with Crippen LogP contribution in [0.15, 0.2) is 48.8 Å². The van der Waals surface area contributed by atoms with Gasteiger partial charge in [-0.2, -0.15) is 0 Å². The van der Waals surface area contributed by atoms with Crippen LogP contribution < -0.4 is 0 Å². The molecule has 1 spiro atoms. The van der Waals surface area contributed by atoms with Crippen molar-refractivity contribution in [1.82, 2.24) is 19.8 Å². The summed E-state index contributed by atoms with van der Waals surface area (Å²) >= 11 is 0. The first-order chi connectivity index (χ1) is 16.5. The summed E-state index contributed by atoms with van der Waals surface area (Å²) < 4.78 is 36.1. The molecule has 1 amide bonds. The molecule has 6 rings (SSSR count). The number of nitrogens with zero attached hydrogens (tertiary/aromatic N) is 4. The smallest absolute Gasteiger partial charge is 0.248 e. The number of ether oxygens (including phenoxy) is 1. The van der Waals surface area contributed by atoms with Crippen molar-refractivity contribution in [2.45, 2.75) is 43.6 Å². The Bertz CT molecular complexity index is 1250. The Hall–Kier alpha value is -2.97. The van der Waals surface area contributed by atoms with Crippen LogP contribution in [0.5, 0.6) is 0 Å². The molecule has 2 aromatic heterocycles. The van der Waals surface area contributed by atoms with E-state index < -0.39 is 17.6 Å². The minimum atomic E-state index is -1.25. The van der Waals surface area contributed by atoms with E-state index in [4.69, 9.17) is 4.74 Å². The van der Waals surface area contributed by atoms with E-state index in [1.807, 2.05) is 35.2 Å². The number of benzene rings is 1. The predicted octanol–water partition coefficient (Wildman–Crippen LogP) is 3.74. The molecule has 1 saturated carbocycles. The summed E-state index contributed by atoms with van der Waals surface area (Å²) in [6, 6.07) is 11.4. The molecular weight excluding hydrogens is 438 g/mol. The highest BCUT2D eigenvalue weighted by molar-refractivity contribution is 5.84. The van der Waals surface area contributed by atoms with Gasteiger partial charge in [-0.1, -0.05) is 18.2 Å². The fourth-order valence-corrected chi connectivity index (χ4v) is 5.10. The lowest BCUT2D eigenvalue weighted by Gasteiger charge is -2.48. The van der Waals surface area contributed by atoms with Gasteiger partial charge in [0.15, 0.2) is 0 Å². The third kappa shape index (κ3) is 3.95. The molecule has 0 bridgehead atoms. The first-order valence-electron chi connectivity index (χ1n) is 11.8. The molecule has 4 heterocycles. The zero-order valence-corrected chi connectivity index (χ0v) is 18.8. The Balaban J connectivity index is 1.14. The molecule has 3 aromatic rings. The van der Waals surface area contributed by atoms with Gasteiger partial charge in [0.05, 0.1) is 17.8 Å². The fourth-order valence-electron chi connectivity index (χ4n) is 5.10. The number of pyridine rings is 2. The lowest BCUT2D eigenvalue weighted by Crippen LogP contribution is -2.64. The molecule has 3 fully saturated rings. The van der Waals surface area contributed by atoms with Crippen LogP contribution in [0.2, 0.25) is 0 Å². The van der Waals surface area contributed by atoms with Gasteiger partial charge in [-0.05, 0) is 43.0 Å². The van der Waals surface area contributed by atoms with Gasteiger partial charge >= 0.3 is 0 Å². The second-order valence-corrected chi connectivity index (χ2v) is 9.62. The van der Waals surface area contributed by atoms with Crippen LogP contribution in [0.1, 0.15) is 25.0 Å². The van der Waals surface area contributed by atoms with E-state index in [2.05, 4.69) is 9.97 Å². The number of piperidine rings is 1. The van der Waals surface area contributed by atoms with E-state index in [-0.39, 0.29) is 31.6 Å². The molecular formula is C26H26F2N4O2. The summed E-state index contributed by atoms with van der Waals surface area (Å²) in [5.74, 6) is -0.454. The van der Waals surface area contributed by atoms with Gasteiger partial charge in [0, 0.05) is 49.0 Å².